The zero-order valence-electron chi connectivity index (χ0n) is 11.1. The van der Waals surface area contributed by atoms with Crippen LogP contribution in [0.2, 0.25) is 0 Å². The molecule has 0 aliphatic heterocycles. The number of benzene rings is 1. The molecule has 0 aromatic heterocycles. The number of alkyl halides is 3. The van der Waals surface area contributed by atoms with Gasteiger partial charge in [-0.2, -0.15) is 13.2 Å². The maximum atomic E-state index is 12.4. The van der Waals surface area contributed by atoms with E-state index in [2.05, 4.69) is 0 Å². The van der Waals surface area contributed by atoms with Crippen molar-refractivity contribution in [3.63, 3.8) is 0 Å². The van der Waals surface area contributed by atoms with Crippen molar-refractivity contribution in [2.45, 2.75) is 26.1 Å². The van der Waals surface area contributed by atoms with E-state index >= 15 is 0 Å². The Morgan fingerprint density at radius 1 is 1.32 bits per heavy atom. The summed E-state index contributed by atoms with van der Waals surface area (Å²) in [5.41, 5.74) is 6.15. The summed E-state index contributed by atoms with van der Waals surface area (Å²) in [4.78, 5) is 1.33. The predicted molar refractivity (Wildman–Crippen MR) is 69.1 cm³/mol. The number of hydrogen-bond acceptors (Lipinski definition) is 3. The molecule has 1 aromatic rings. The SMILES string of the molecule is CC(C)N(CCOc1cccc(N)c1)CC(F)(F)F. The third-order valence-corrected chi connectivity index (χ3v) is 2.62. The molecule has 1 rings (SSSR count). The van der Waals surface area contributed by atoms with Gasteiger partial charge in [-0.25, -0.2) is 0 Å². The molecule has 0 aliphatic rings. The van der Waals surface area contributed by atoms with Gasteiger partial charge in [0.1, 0.15) is 12.4 Å². The number of nitrogens with two attached hydrogens (primary N) is 1. The number of halogens is 3. The molecule has 0 aliphatic carbocycles. The van der Waals surface area contributed by atoms with E-state index < -0.39 is 12.7 Å². The number of ether oxygens (including phenoxy) is 1. The molecule has 3 nitrogen and oxygen atoms in total. The topological polar surface area (TPSA) is 38.5 Å². The fourth-order valence-corrected chi connectivity index (χ4v) is 1.64. The van der Waals surface area contributed by atoms with Gasteiger partial charge in [0.25, 0.3) is 0 Å². The largest absolute Gasteiger partial charge is 0.492 e. The van der Waals surface area contributed by atoms with E-state index in [9.17, 15) is 13.2 Å². The Labute approximate surface area is 111 Å². The first kappa shape index (κ1) is 15.6. The molecule has 0 unspecified atom stereocenters. The van der Waals surface area contributed by atoms with Crippen molar-refractivity contribution in [1.29, 1.82) is 0 Å². The van der Waals surface area contributed by atoms with E-state index in [1.165, 1.54) is 4.90 Å². The Morgan fingerprint density at radius 3 is 2.53 bits per heavy atom. The lowest BCUT2D eigenvalue weighted by Crippen LogP contribution is -2.41. The normalized spacial score (nSPS) is 12.2. The highest BCUT2D eigenvalue weighted by molar-refractivity contribution is 5.43. The van der Waals surface area contributed by atoms with Crippen LogP contribution in [-0.2, 0) is 0 Å². The molecule has 2 N–H and O–H groups in total. The number of rotatable bonds is 6. The Balaban J connectivity index is 2.44. The van der Waals surface area contributed by atoms with Gasteiger partial charge in [0.05, 0.1) is 6.54 Å². The Bertz CT molecular complexity index is 394. The minimum Gasteiger partial charge on any atom is -0.492 e. The van der Waals surface area contributed by atoms with Crippen LogP contribution in [0.4, 0.5) is 18.9 Å². The van der Waals surface area contributed by atoms with Crippen molar-refractivity contribution in [2.24, 2.45) is 0 Å². The Hall–Kier alpha value is -1.43. The van der Waals surface area contributed by atoms with Crippen molar-refractivity contribution >= 4 is 5.69 Å². The molecule has 0 radical (unpaired) electrons. The highest BCUT2D eigenvalue weighted by Gasteiger charge is 2.31. The van der Waals surface area contributed by atoms with Crippen molar-refractivity contribution < 1.29 is 17.9 Å². The summed E-state index contributed by atoms with van der Waals surface area (Å²) in [6.45, 7) is 2.94. The fourth-order valence-electron chi connectivity index (χ4n) is 1.64. The van der Waals surface area contributed by atoms with E-state index in [1.54, 1.807) is 38.1 Å². The molecule has 108 valence electrons. The second-order valence-corrected chi connectivity index (χ2v) is 4.60. The third kappa shape index (κ3) is 6.33. The molecular formula is C13H19F3N2O. The smallest absolute Gasteiger partial charge is 0.401 e. The van der Waals surface area contributed by atoms with E-state index in [1.807, 2.05) is 0 Å². The molecule has 0 bridgehead atoms. The molecule has 0 fully saturated rings. The average Bonchev–Trinajstić information content (AvgIpc) is 2.26. The molecule has 0 amide bonds. The summed E-state index contributed by atoms with van der Waals surface area (Å²) in [6, 6.07) is 6.63. The first-order valence-electron chi connectivity index (χ1n) is 6.07. The Morgan fingerprint density at radius 2 is 2.00 bits per heavy atom. The number of nitrogens with zero attached hydrogens (tertiary/aromatic N) is 1. The lowest BCUT2D eigenvalue weighted by molar-refractivity contribution is -0.150. The molecule has 6 heteroatoms. The monoisotopic (exact) mass is 276 g/mol. The zero-order valence-corrected chi connectivity index (χ0v) is 11.1. The van der Waals surface area contributed by atoms with E-state index in [-0.39, 0.29) is 19.2 Å². The molecule has 0 heterocycles. The second kappa shape index (κ2) is 6.65. The van der Waals surface area contributed by atoms with Crippen LogP contribution in [0.15, 0.2) is 24.3 Å². The number of hydrogen-bond donors (Lipinski definition) is 1. The fraction of sp³-hybridized carbons (Fsp3) is 0.538. The maximum absolute atomic E-state index is 12.4. The van der Waals surface area contributed by atoms with Crippen LogP contribution in [0.5, 0.6) is 5.75 Å². The summed E-state index contributed by atoms with van der Waals surface area (Å²) < 4.78 is 42.5. The Kier molecular flexibility index (Phi) is 5.47. The quantitative estimate of drug-likeness (QED) is 0.812. The molecule has 0 saturated carbocycles. The van der Waals surface area contributed by atoms with Gasteiger partial charge < -0.3 is 10.5 Å². The predicted octanol–water partition coefficient (Wildman–Crippen LogP) is 2.92. The van der Waals surface area contributed by atoms with Crippen molar-refractivity contribution in [3.8, 4) is 5.75 Å². The van der Waals surface area contributed by atoms with E-state index in [0.717, 1.165) is 0 Å². The van der Waals surface area contributed by atoms with E-state index in [4.69, 9.17) is 10.5 Å². The van der Waals surface area contributed by atoms with Crippen LogP contribution in [0.3, 0.4) is 0 Å². The highest BCUT2D eigenvalue weighted by Crippen LogP contribution is 2.18. The molecule has 1 aromatic carbocycles. The van der Waals surface area contributed by atoms with Crippen molar-refractivity contribution in [1.82, 2.24) is 4.90 Å². The van der Waals surface area contributed by atoms with Crippen molar-refractivity contribution in [2.75, 3.05) is 25.4 Å². The lowest BCUT2D eigenvalue weighted by Gasteiger charge is -2.27. The van der Waals surface area contributed by atoms with Gasteiger partial charge in [-0.3, -0.25) is 4.90 Å². The second-order valence-electron chi connectivity index (χ2n) is 4.60. The van der Waals surface area contributed by atoms with Crippen molar-refractivity contribution in [3.05, 3.63) is 24.3 Å². The highest BCUT2D eigenvalue weighted by atomic mass is 19.4. The molecule has 0 atom stereocenters. The minimum atomic E-state index is -4.19. The van der Waals surface area contributed by atoms with Gasteiger partial charge in [0, 0.05) is 24.3 Å². The number of anilines is 1. The van der Waals surface area contributed by atoms with E-state index in [0.29, 0.717) is 11.4 Å². The van der Waals surface area contributed by atoms with Crippen LogP contribution in [0, 0.1) is 0 Å². The first-order valence-corrected chi connectivity index (χ1v) is 6.07. The summed E-state index contributed by atoms with van der Waals surface area (Å²) in [7, 11) is 0. The van der Waals surface area contributed by atoms with Gasteiger partial charge in [0.2, 0.25) is 0 Å². The molecular weight excluding hydrogens is 257 g/mol. The zero-order chi connectivity index (χ0) is 14.5. The van der Waals surface area contributed by atoms with Crippen LogP contribution in [0.25, 0.3) is 0 Å². The van der Waals surface area contributed by atoms with Gasteiger partial charge in [-0.15, -0.1) is 0 Å². The van der Waals surface area contributed by atoms with Gasteiger partial charge in [-0.1, -0.05) is 6.07 Å². The summed E-state index contributed by atoms with van der Waals surface area (Å²) in [5.74, 6) is 0.565. The molecule has 0 spiro atoms. The van der Waals surface area contributed by atoms with Crippen LogP contribution >= 0.6 is 0 Å². The standard InChI is InChI=1S/C13H19F3N2O/c1-10(2)18(9-13(14,15)16)6-7-19-12-5-3-4-11(17)8-12/h3-5,8,10H,6-7,9,17H2,1-2H3. The molecule has 0 saturated heterocycles. The number of nitrogen functional groups attached to an aromatic ring is 1. The third-order valence-electron chi connectivity index (χ3n) is 2.62. The molecule has 19 heavy (non-hydrogen) atoms. The average molecular weight is 276 g/mol. The van der Waals surface area contributed by atoms with Crippen LogP contribution < -0.4 is 10.5 Å². The van der Waals surface area contributed by atoms with Crippen LogP contribution in [0.1, 0.15) is 13.8 Å². The minimum absolute atomic E-state index is 0.189. The summed E-state index contributed by atoms with van der Waals surface area (Å²) in [5, 5.41) is 0. The van der Waals surface area contributed by atoms with Gasteiger partial charge >= 0.3 is 6.18 Å². The summed E-state index contributed by atoms with van der Waals surface area (Å²) >= 11 is 0. The van der Waals surface area contributed by atoms with Crippen LogP contribution in [-0.4, -0.2) is 36.8 Å². The van der Waals surface area contributed by atoms with Gasteiger partial charge in [-0.05, 0) is 26.0 Å². The van der Waals surface area contributed by atoms with Gasteiger partial charge in [0.15, 0.2) is 0 Å². The lowest BCUT2D eigenvalue weighted by atomic mass is 10.3. The first-order chi connectivity index (χ1) is 8.78. The summed E-state index contributed by atoms with van der Waals surface area (Å²) in [6.07, 6.45) is -4.19. The maximum Gasteiger partial charge on any atom is 0.401 e.